The van der Waals surface area contributed by atoms with Gasteiger partial charge in [0.15, 0.2) is 0 Å². The van der Waals surface area contributed by atoms with Crippen LogP contribution in [-0.4, -0.2) is 13.7 Å². The summed E-state index contributed by atoms with van der Waals surface area (Å²) in [6.07, 6.45) is 6.32. The zero-order valence-corrected chi connectivity index (χ0v) is 11.6. The highest BCUT2D eigenvalue weighted by atomic mass is 16.5. The fourth-order valence-corrected chi connectivity index (χ4v) is 1.88. The molecule has 0 unspecified atom stereocenters. The number of methoxy groups -OCH3 is 1. The van der Waals surface area contributed by atoms with Gasteiger partial charge in [0.05, 0.1) is 13.7 Å². The normalized spacial score (nSPS) is 10.6. The molecule has 0 aliphatic rings. The summed E-state index contributed by atoms with van der Waals surface area (Å²) in [5, 5.41) is 0. The van der Waals surface area contributed by atoms with E-state index in [1.165, 1.54) is 25.7 Å². The molecule has 0 aromatic heterocycles. The zero-order chi connectivity index (χ0) is 13.2. The molecule has 0 bridgehead atoms. The lowest BCUT2D eigenvalue weighted by molar-refractivity contribution is 0.116. The molecule has 3 nitrogen and oxygen atoms in total. The van der Waals surface area contributed by atoms with Crippen LogP contribution in [0.1, 0.15) is 44.6 Å². The Labute approximate surface area is 110 Å². The van der Waals surface area contributed by atoms with Crippen molar-refractivity contribution in [3.8, 4) is 5.75 Å². The van der Waals surface area contributed by atoms with Crippen molar-refractivity contribution in [2.24, 2.45) is 0 Å². The van der Waals surface area contributed by atoms with E-state index in [9.17, 15) is 0 Å². The minimum Gasteiger partial charge on any atom is -0.497 e. The number of benzene rings is 1. The molecular formula is C15H25NO2. The van der Waals surface area contributed by atoms with Gasteiger partial charge in [-0.1, -0.05) is 32.6 Å². The fourth-order valence-electron chi connectivity index (χ4n) is 1.88. The van der Waals surface area contributed by atoms with E-state index in [1.807, 2.05) is 18.2 Å². The van der Waals surface area contributed by atoms with Crippen molar-refractivity contribution in [2.45, 2.75) is 45.6 Å². The molecule has 0 radical (unpaired) electrons. The molecule has 0 heterocycles. The van der Waals surface area contributed by atoms with Crippen molar-refractivity contribution in [1.29, 1.82) is 0 Å². The molecule has 3 heteroatoms. The van der Waals surface area contributed by atoms with Crippen molar-refractivity contribution >= 4 is 5.69 Å². The third kappa shape index (κ3) is 5.92. The quantitative estimate of drug-likeness (QED) is 0.537. The summed E-state index contributed by atoms with van der Waals surface area (Å²) in [6, 6.07) is 5.71. The average molecular weight is 251 g/mol. The van der Waals surface area contributed by atoms with Crippen molar-refractivity contribution in [3.63, 3.8) is 0 Å². The van der Waals surface area contributed by atoms with Gasteiger partial charge in [-0.25, -0.2) is 0 Å². The molecule has 0 saturated carbocycles. The second-order valence-electron chi connectivity index (χ2n) is 4.58. The van der Waals surface area contributed by atoms with E-state index in [0.717, 1.165) is 30.0 Å². The van der Waals surface area contributed by atoms with Gasteiger partial charge in [0, 0.05) is 18.4 Å². The maximum absolute atomic E-state index is 5.78. The molecule has 1 aromatic rings. The highest BCUT2D eigenvalue weighted by molar-refractivity contribution is 5.47. The minimum atomic E-state index is 0.606. The molecule has 0 aliphatic heterocycles. The van der Waals surface area contributed by atoms with Crippen LogP contribution in [0, 0.1) is 0 Å². The third-order valence-corrected chi connectivity index (χ3v) is 2.89. The number of hydrogen-bond acceptors (Lipinski definition) is 3. The SMILES string of the molecule is CCCCCCCOCc1cc(N)cc(OC)c1. The number of ether oxygens (including phenoxy) is 2. The van der Waals surface area contributed by atoms with Crippen molar-refractivity contribution in [2.75, 3.05) is 19.5 Å². The van der Waals surface area contributed by atoms with Gasteiger partial charge in [0.2, 0.25) is 0 Å². The molecule has 1 aromatic carbocycles. The summed E-state index contributed by atoms with van der Waals surface area (Å²) >= 11 is 0. The number of hydrogen-bond donors (Lipinski definition) is 1. The van der Waals surface area contributed by atoms with E-state index in [0.29, 0.717) is 6.61 Å². The number of rotatable bonds is 9. The summed E-state index contributed by atoms with van der Waals surface area (Å²) in [4.78, 5) is 0. The van der Waals surface area contributed by atoms with Crippen LogP contribution in [0.3, 0.4) is 0 Å². The second kappa shape index (κ2) is 8.81. The van der Waals surface area contributed by atoms with Crippen molar-refractivity contribution in [3.05, 3.63) is 23.8 Å². The summed E-state index contributed by atoms with van der Waals surface area (Å²) in [6.45, 7) is 3.65. The van der Waals surface area contributed by atoms with Crippen molar-refractivity contribution < 1.29 is 9.47 Å². The summed E-state index contributed by atoms with van der Waals surface area (Å²) in [7, 11) is 1.65. The Morgan fingerprint density at radius 2 is 1.83 bits per heavy atom. The molecule has 0 saturated heterocycles. The van der Waals surface area contributed by atoms with Crippen molar-refractivity contribution in [1.82, 2.24) is 0 Å². The van der Waals surface area contributed by atoms with Gasteiger partial charge in [0.25, 0.3) is 0 Å². The molecule has 0 fully saturated rings. The molecule has 102 valence electrons. The third-order valence-electron chi connectivity index (χ3n) is 2.89. The molecule has 0 spiro atoms. The minimum absolute atomic E-state index is 0.606. The van der Waals surface area contributed by atoms with Gasteiger partial charge in [0.1, 0.15) is 5.75 Å². The van der Waals surface area contributed by atoms with Crippen LogP contribution in [-0.2, 0) is 11.3 Å². The first-order chi connectivity index (χ1) is 8.76. The Morgan fingerprint density at radius 1 is 1.06 bits per heavy atom. The average Bonchev–Trinajstić information content (AvgIpc) is 2.37. The highest BCUT2D eigenvalue weighted by Gasteiger charge is 1.99. The Bertz CT molecular complexity index is 339. The molecule has 0 aliphatic carbocycles. The lowest BCUT2D eigenvalue weighted by Gasteiger charge is -2.07. The van der Waals surface area contributed by atoms with Crippen LogP contribution >= 0.6 is 0 Å². The summed E-state index contributed by atoms with van der Waals surface area (Å²) in [5.41, 5.74) is 7.57. The second-order valence-corrected chi connectivity index (χ2v) is 4.58. The van der Waals surface area contributed by atoms with Crippen LogP contribution in [0.25, 0.3) is 0 Å². The number of unbranched alkanes of at least 4 members (excludes halogenated alkanes) is 4. The van der Waals surface area contributed by atoms with E-state index in [4.69, 9.17) is 15.2 Å². The Morgan fingerprint density at radius 3 is 2.56 bits per heavy atom. The van der Waals surface area contributed by atoms with E-state index >= 15 is 0 Å². The van der Waals surface area contributed by atoms with Crippen LogP contribution in [0.2, 0.25) is 0 Å². The van der Waals surface area contributed by atoms with Gasteiger partial charge < -0.3 is 15.2 Å². The molecule has 18 heavy (non-hydrogen) atoms. The zero-order valence-electron chi connectivity index (χ0n) is 11.6. The number of anilines is 1. The summed E-state index contributed by atoms with van der Waals surface area (Å²) < 4.78 is 10.8. The molecule has 1 rings (SSSR count). The maximum Gasteiger partial charge on any atom is 0.121 e. The van der Waals surface area contributed by atoms with Crippen LogP contribution < -0.4 is 10.5 Å². The van der Waals surface area contributed by atoms with Crippen LogP contribution in [0.5, 0.6) is 5.75 Å². The molecule has 2 N–H and O–H groups in total. The van der Waals surface area contributed by atoms with Gasteiger partial charge in [-0.15, -0.1) is 0 Å². The smallest absolute Gasteiger partial charge is 0.121 e. The predicted molar refractivity (Wildman–Crippen MR) is 75.8 cm³/mol. The Kier molecular flexibility index (Phi) is 7.26. The molecule has 0 amide bonds. The predicted octanol–water partition coefficient (Wildman–Crippen LogP) is 3.76. The van der Waals surface area contributed by atoms with E-state index in [2.05, 4.69) is 6.92 Å². The lowest BCUT2D eigenvalue weighted by atomic mass is 10.2. The van der Waals surface area contributed by atoms with E-state index < -0.39 is 0 Å². The first-order valence-electron chi connectivity index (χ1n) is 6.77. The first kappa shape index (κ1) is 14.8. The molecule has 0 atom stereocenters. The monoisotopic (exact) mass is 251 g/mol. The largest absolute Gasteiger partial charge is 0.497 e. The maximum atomic E-state index is 5.78. The first-order valence-corrected chi connectivity index (χ1v) is 6.77. The van der Waals surface area contributed by atoms with Gasteiger partial charge in [-0.3, -0.25) is 0 Å². The lowest BCUT2D eigenvalue weighted by Crippen LogP contribution is -1.98. The highest BCUT2D eigenvalue weighted by Crippen LogP contribution is 2.19. The Hall–Kier alpha value is -1.22. The number of nitrogen functional groups attached to an aromatic ring is 1. The van der Waals surface area contributed by atoms with Crippen LogP contribution in [0.15, 0.2) is 18.2 Å². The topological polar surface area (TPSA) is 44.5 Å². The van der Waals surface area contributed by atoms with E-state index in [-0.39, 0.29) is 0 Å². The van der Waals surface area contributed by atoms with E-state index in [1.54, 1.807) is 7.11 Å². The van der Waals surface area contributed by atoms with Gasteiger partial charge in [-0.2, -0.15) is 0 Å². The van der Waals surface area contributed by atoms with Crippen LogP contribution in [0.4, 0.5) is 5.69 Å². The molecular weight excluding hydrogens is 226 g/mol. The summed E-state index contributed by atoms with van der Waals surface area (Å²) in [5.74, 6) is 0.788. The van der Waals surface area contributed by atoms with Gasteiger partial charge >= 0.3 is 0 Å². The van der Waals surface area contributed by atoms with Gasteiger partial charge in [-0.05, 0) is 24.1 Å². The standard InChI is InChI=1S/C15H25NO2/c1-3-4-5-6-7-8-18-12-13-9-14(16)11-15(10-13)17-2/h9-11H,3-8,12,16H2,1-2H3. The number of nitrogens with two attached hydrogens (primary N) is 1. The Balaban J connectivity index is 2.20. The fraction of sp³-hybridized carbons (Fsp3) is 0.600.